The van der Waals surface area contributed by atoms with Crippen LogP contribution in [0.25, 0.3) is 10.2 Å². The number of aromatic nitrogens is 2. The molecule has 0 fully saturated rings. The number of aryl methyl sites for hydroxylation is 2. The Hall–Kier alpha value is -2.12. The predicted molar refractivity (Wildman–Crippen MR) is 117 cm³/mol. The Labute approximate surface area is 173 Å². The lowest BCUT2D eigenvalue weighted by molar-refractivity contribution is -0.128. The zero-order chi connectivity index (χ0) is 20.6. The first kappa shape index (κ1) is 20.6. The quantitative estimate of drug-likeness (QED) is 0.452. The van der Waals surface area contributed by atoms with Gasteiger partial charge in [-0.05, 0) is 38.8 Å². The largest absolute Gasteiger partial charge is 0.348 e. The number of hydrogen-bond donors (Lipinski definition) is 0. The number of carbonyl (C=O) groups is 1. The van der Waals surface area contributed by atoms with Crippen LogP contribution in [0.15, 0.2) is 40.3 Å². The summed E-state index contributed by atoms with van der Waals surface area (Å²) in [7, 11) is 3.49. The minimum Gasteiger partial charge on any atom is -0.348 e. The van der Waals surface area contributed by atoms with Crippen LogP contribution < -0.4 is 5.56 Å². The molecular weight excluding hydrogens is 390 g/mol. The summed E-state index contributed by atoms with van der Waals surface area (Å²) in [6.07, 6.45) is 0. The molecule has 0 N–H and O–H groups in total. The van der Waals surface area contributed by atoms with Gasteiger partial charge in [-0.2, -0.15) is 0 Å². The van der Waals surface area contributed by atoms with Crippen molar-refractivity contribution in [1.29, 1.82) is 0 Å². The number of fused-ring (bicyclic) bond motifs is 1. The number of thioether (sulfide) groups is 1. The molecule has 0 spiro atoms. The summed E-state index contributed by atoms with van der Waals surface area (Å²) >= 11 is 2.88. The lowest BCUT2D eigenvalue weighted by atomic mass is 10.1. The highest BCUT2D eigenvalue weighted by molar-refractivity contribution is 8.00. The molecule has 28 heavy (non-hydrogen) atoms. The Morgan fingerprint density at radius 2 is 1.82 bits per heavy atom. The van der Waals surface area contributed by atoms with Crippen LogP contribution in [0.1, 0.15) is 41.1 Å². The van der Waals surface area contributed by atoms with E-state index in [0.29, 0.717) is 10.5 Å². The molecule has 0 radical (unpaired) electrons. The van der Waals surface area contributed by atoms with E-state index >= 15 is 0 Å². The number of nitrogens with zero attached hydrogens (tertiary/aromatic N) is 3. The van der Waals surface area contributed by atoms with Gasteiger partial charge in [0.2, 0.25) is 5.91 Å². The Balaban J connectivity index is 2.19. The first-order valence-corrected chi connectivity index (χ1v) is 10.9. The molecule has 1 aromatic carbocycles. The van der Waals surface area contributed by atoms with Crippen LogP contribution in [0, 0.1) is 13.8 Å². The third-order valence-corrected chi connectivity index (χ3v) is 7.02. The Morgan fingerprint density at radius 3 is 2.39 bits per heavy atom. The van der Waals surface area contributed by atoms with Gasteiger partial charge in [-0.25, -0.2) is 4.98 Å². The van der Waals surface area contributed by atoms with Crippen molar-refractivity contribution in [2.45, 2.75) is 44.1 Å². The van der Waals surface area contributed by atoms with Crippen molar-refractivity contribution in [3.8, 4) is 0 Å². The van der Waals surface area contributed by atoms with E-state index in [4.69, 9.17) is 4.98 Å². The van der Waals surface area contributed by atoms with Gasteiger partial charge >= 0.3 is 0 Å². The Morgan fingerprint density at radius 1 is 1.18 bits per heavy atom. The van der Waals surface area contributed by atoms with Crippen molar-refractivity contribution in [2.24, 2.45) is 0 Å². The van der Waals surface area contributed by atoms with Gasteiger partial charge in [0.25, 0.3) is 5.56 Å². The molecular formula is C21H25N3O2S2. The van der Waals surface area contributed by atoms with E-state index in [-0.39, 0.29) is 17.5 Å². The summed E-state index contributed by atoms with van der Waals surface area (Å²) in [6, 6.07) is 9.59. The van der Waals surface area contributed by atoms with E-state index in [2.05, 4.69) is 0 Å². The van der Waals surface area contributed by atoms with Crippen molar-refractivity contribution < 1.29 is 4.79 Å². The molecule has 1 atom stereocenters. The van der Waals surface area contributed by atoms with Gasteiger partial charge in [-0.15, -0.1) is 11.3 Å². The molecule has 2 aromatic heterocycles. The summed E-state index contributed by atoms with van der Waals surface area (Å²) in [4.78, 5) is 34.4. The fraction of sp³-hybridized carbons (Fsp3) is 0.381. The first-order chi connectivity index (χ1) is 13.2. The Bertz CT molecular complexity index is 1070. The molecule has 5 nitrogen and oxygen atoms in total. The average molecular weight is 416 g/mol. The number of likely N-dealkylation sites (N-methyl/N-ethyl adjacent to an activating group) is 1. The van der Waals surface area contributed by atoms with Crippen molar-refractivity contribution in [3.63, 3.8) is 0 Å². The smallest absolute Gasteiger partial charge is 0.263 e. The van der Waals surface area contributed by atoms with Gasteiger partial charge in [0, 0.05) is 25.0 Å². The van der Waals surface area contributed by atoms with Crippen LogP contribution in [0.5, 0.6) is 0 Å². The van der Waals surface area contributed by atoms with Crippen LogP contribution >= 0.6 is 23.1 Å². The second-order valence-electron chi connectivity index (χ2n) is 7.27. The second kappa shape index (κ2) is 8.09. The van der Waals surface area contributed by atoms with Gasteiger partial charge in [0.15, 0.2) is 5.16 Å². The molecule has 0 saturated heterocycles. The van der Waals surface area contributed by atoms with Crippen LogP contribution in [0.2, 0.25) is 0 Å². The SMILES string of the molecule is Cc1sc2nc(S[C@H](C(=O)N(C)C)c3ccccc3)n(C(C)C)c(=O)c2c1C. The second-order valence-corrected chi connectivity index (χ2v) is 9.54. The van der Waals surface area contributed by atoms with E-state index in [9.17, 15) is 9.59 Å². The van der Waals surface area contributed by atoms with E-state index in [0.717, 1.165) is 20.8 Å². The molecule has 0 bridgehead atoms. The highest BCUT2D eigenvalue weighted by Gasteiger charge is 2.27. The first-order valence-electron chi connectivity index (χ1n) is 9.17. The van der Waals surface area contributed by atoms with E-state index in [1.54, 1.807) is 23.6 Å². The molecule has 2 heterocycles. The number of hydrogen-bond acceptors (Lipinski definition) is 5. The molecule has 3 rings (SSSR count). The molecule has 0 aliphatic heterocycles. The van der Waals surface area contributed by atoms with Crippen molar-refractivity contribution >= 4 is 39.2 Å². The van der Waals surface area contributed by atoms with Gasteiger partial charge in [0.1, 0.15) is 10.1 Å². The minimum atomic E-state index is -0.465. The molecule has 0 aliphatic carbocycles. The predicted octanol–water partition coefficient (Wildman–Crippen LogP) is 4.58. The maximum absolute atomic E-state index is 13.3. The lowest BCUT2D eigenvalue weighted by Gasteiger charge is -2.22. The number of benzene rings is 1. The molecule has 1 amide bonds. The van der Waals surface area contributed by atoms with E-state index < -0.39 is 5.25 Å². The summed E-state index contributed by atoms with van der Waals surface area (Å²) in [5, 5.41) is 0.807. The van der Waals surface area contributed by atoms with E-state index in [1.165, 1.54) is 23.1 Å². The maximum atomic E-state index is 13.3. The third kappa shape index (κ3) is 3.73. The number of carbonyl (C=O) groups excluding carboxylic acids is 1. The molecule has 148 valence electrons. The molecule has 7 heteroatoms. The molecule has 0 saturated carbocycles. The van der Waals surface area contributed by atoms with Crippen LogP contribution in [-0.4, -0.2) is 34.5 Å². The third-order valence-electron chi connectivity index (χ3n) is 4.71. The number of rotatable bonds is 5. The maximum Gasteiger partial charge on any atom is 0.263 e. The monoisotopic (exact) mass is 415 g/mol. The number of thiophene rings is 1. The topological polar surface area (TPSA) is 55.2 Å². The minimum absolute atomic E-state index is 0.0283. The summed E-state index contributed by atoms with van der Waals surface area (Å²) < 4.78 is 1.71. The lowest BCUT2D eigenvalue weighted by Crippen LogP contribution is -2.29. The normalized spacial score (nSPS) is 12.5. The summed E-state index contributed by atoms with van der Waals surface area (Å²) in [6.45, 7) is 7.92. The molecule has 0 unspecified atom stereocenters. The van der Waals surface area contributed by atoms with Crippen LogP contribution in [-0.2, 0) is 4.79 Å². The van der Waals surface area contributed by atoms with Gasteiger partial charge in [-0.1, -0.05) is 42.1 Å². The van der Waals surface area contributed by atoms with E-state index in [1.807, 2.05) is 58.0 Å². The zero-order valence-electron chi connectivity index (χ0n) is 17.0. The van der Waals surface area contributed by atoms with Crippen molar-refractivity contribution in [1.82, 2.24) is 14.5 Å². The fourth-order valence-electron chi connectivity index (χ4n) is 3.05. The summed E-state index contributed by atoms with van der Waals surface area (Å²) in [5.74, 6) is -0.0283. The van der Waals surface area contributed by atoms with Gasteiger partial charge < -0.3 is 4.90 Å². The van der Waals surface area contributed by atoms with Gasteiger partial charge in [0.05, 0.1) is 5.39 Å². The van der Waals surface area contributed by atoms with Crippen LogP contribution in [0.3, 0.4) is 0 Å². The van der Waals surface area contributed by atoms with Crippen molar-refractivity contribution in [3.05, 3.63) is 56.7 Å². The average Bonchev–Trinajstić information content (AvgIpc) is 2.93. The summed E-state index contributed by atoms with van der Waals surface area (Å²) in [5.41, 5.74) is 1.86. The highest BCUT2D eigenvalue weighted by Crippen LogP contribution is 2.37. The number of amides is 1. The van der Waals surface area contributed by atoms with Crippen molar-refractivity contribution in [2.75, 3.05) is 14.1 Å². The Kier molecular flexibility index (Phi) is 5.95. The molecule has 0 aliphatic rings. The van der Waals surface area contributed by atoms with Crippen LogP contribution in [0.4, 0.5) is 0 Å². The highest BCUT2D eigenvalue weighted by atomic mass is 32.2. The van der Waals surface area contributed by atoms with Gasteiger partial charge in [-0.3, -0.25) is 14.2 Å². The zero-order valence-corrected chi connectivity index (χ0v) is 18.6. The molecule has 3 aromatic rings. The fourth-order valence-corrected chi connectivity index (χ4v) is 5.50. The standard InChI is InChI=1S/C21H25N3O2S2/c1-12(2)24-19(25)16-13(3)14(4)27-18(16)22-21(24)28-17(20(26)23(5)6)15-10-8-7-9-11-15/h7-12,17H,1-6H3/t17-/m0/s1.